The zero-order valence-corrected chi connectivity index (χ0v) is 7.37. The van der Waals surface area contributed by atoms with E-state index in [1.165, 1.54) is 6.20 Å². The molecular formula is C8H9N3O2. The Labute approximate surface area is 75.3 Å². The van der Waals surface area contributed by atoms with Gasteiger partial charge in [0.1, 0.15) is 0 Å². The van der Waals surface area contributed by atoms with E-state index < -0.39 is 10.3 Å². The fraction of sp³-hybridized carbons (Fsp3) is 0.375. The number of nitrogens with one attached hydrogen (secondary N) is 1. The van der Waals surface area contributed by atoms with E-state index in [9.17, 15) is 10.1 Å². The molecule has 1 heterocycles. The van der Waals surface area contributed by atoms with E-state index in [1.807, 2.05) is 0 Å². The van der Waals surface area contributed by atoms with Crippen LogP contribution >= 0.6 is 0 Å². The van der Waals surface area contributed by atoms with Crippen molar-refractivity contribution in [2.75, 3.05) is 0 Å². The molecule has 0 aliphatic heterocycles. The van der Waals surface area contributed by atoms with Gasteiger partial charge in [-0.05, 0) is 18.8 Å². The third kappa shape index (κ3) is 1.51. The van der Waals surface area contributed by atoms with Gasteiger partial charge in [-0.3, -0.25) is 0 Å². The molecule has 1 aromatic rings. The van der Waals surface area contributed by atoms with Crippen molar-refractivity contribution in [2.45, 2.75) is 19.3 Å². The van der Waals surface area contributed by atoms with Gasteiger partial charge in [0.15, 0.2) is 0 Å². The molecule has 0 aliphatic rings. The lowest BCUT2D eigenvalue weighted by Gasteiger charge is -2.13. The highest BCUT2D eigenvalue weighted by Crippen LogP contribution is 2.28. The lowest BCUT2D eigenvalue weighted by atomic mass is 9.87. The maximum atomic E-state index is 10.5. The maximum absolute atomic E-state index is 10.5. The number of nitro groups is 1. The van der Waals surface area contributed by atoms with E-state index in [0.717, 1.165) is 0 Å². The zero-order valence-electron chi connectivity index (χ0n) is 7.37. The molecule has 68 valence electrons. The molecule has 1 N–H and O–H groups in total. The molecule has 1 rings (SSSR count). The number of hydrogen-bond donors (Lipinski definition) is 1. The third-order valence-corrected chi connectivity index (χ3v) is 1.84. The van der Waals surface area contributed by atoms with Gasteiger partial charge in [0.05, 0.1) is 17.2 Å². The predicted octanol–water partition coefficient (Wildman–Crippen LogP) is 1.23. The number of aromatic nitrogens is 2. The number of nitrogens with zero attached hydrogens (tertiary/aromatic N) is 2. The highest BCUT2D eigenvalue weighted by Gasteiger charge is 2.28. The molecule has 0 atom stereocenters. The van der Waals surface area contributed by atoms with Gasteiger partial charge in [-0.1, -0.05) is 11.0 Å². The lowest BCUT2D eigenvalue weighted by Crippen LogP contribution is -2.14. The Balaban J connectivity index is 3.24. The molecule has 0 radical (unpaired) electrons. The minimum absolute atomic E-state index is 0.136. The molecule has 1 aromatic heterocycles. The number of aromatic amines is 1. The summed E-state index contributed by atoms with van der Waals surface area (Å²) in [4.78, 5) is 9.98. The summed E-state index contributed by atoms with van der Waals surface area (Å²) in [6, 6.07) is 0. The fourth-order valence-corrected chi connectivity index (χ4v) is 0.954. The van der Waals surface area contributed by atoms with Crippen LogP contribution in [0, 0.1) is 22.5 Å². The summed E-state index contributed by atoms with van der Waals surface area (Å²) < 4.78 is 0. The molecule has 13 heavy (non-hydrogen) atoms. The van der Waals surface area contributed by atoms with Crippen molar-refractivity contribution in [1.29, 1.82) is 0 Å². The van der Waals surface area contributed by atoms with E-state index in [0.29, 0.717) is 5.56 Å². The summed E-state index contributed by atoms with van der Waals surface area (Å²) in [5.41, 5.74) is -0.241. The largest absolute Gasteiger partial charge is 0.358 e. The Kier molecular flexibility index (Phi) is 2.07. The van der Waals surface area contributed by atoms with Crippen LogP contribution in [0.25, 0.3) is 0 Å². The molecule has 0 saturated heterocycles. The molecule has 0 unspecified atom stereocenters. The van der Waals surface area contributed by atoms with Crippen molar-refractivity contribution in [3.63, 3.8) is 0 Å². The SMILES string of the molecule is C#CC(C)(C)c1cn[nH]c1[N+](=O)[O-]. The molecule has 0 spiro atoms. The molecule has 5 heteroatoms. The highest BCUT2D eigenvalue weighted by molar-refractivity contribution is 5.41. The molecule has 0 amide bonds. The summed E-state index contributed by atoms with van der Waals surface area (Å²) in [6.45, 7) is 3.45. The summed E-state index contributed by atoms with van der Waals surface area (Å²) in [5.74, 6) is 2.34. The molecule has 0 fully saturated rings. The van der Waals surface area contributed by atoms with E-state index in [2.05, 4.69) is 16.1 Å². The average molecular weight is 179 g/mol. The second-order valence-electron chi connectivity index (χ2n) is 3.16. The summed E-state index contributed by atoms with van der Waals surface area (Å²) >= 11 is 0. The first-order chi connectivity index (χ1) is 5.99. The van der Waals surface area contributed by atoms with Crippen LogP contribution < -0.4 is 0 Å². The van der Waals surface area contributed by atoms with Crippen molar-refractivity contribution in [1.82, 2.24) is 10.2 Å². The van der Waals surface area contributed by atoms with Crippen LogP contribution in [0.4, 0.5) is 5.82 Å². The Morgan fingerprint density at radius 1 is 1.77 bits per heavy atom. The van der Waals surface area contributed by atoms with Gasteiger partial charge in [0, 0.05) is 0 Å². The van der Waals surface area contributed by atoms with Gasteiger partial charge in [0.2, 0.25) is 0 Å². The molecule has 0 saturated carbocycles. The topological polar surface area (TPSA) is 71.8 Å². The standard InChI is InChI=1S/C8H9N3O2/c1-4-8(2,3)6-5-9-10-7(6)11(12)13/h1,5H,2-3H3,(H,9,10). The summed E-state index contributed by atoms with van der Waals surface area (Å²) in [7, 11) is 0. The van der Waals surface area contributed by atoms with Crippen LogP contribution in [0.2, 0.25) is 0 Å². The lowest BCUT2D eigenvalue weighted by molar-refractivity contribution is -0.390. The maximum Gasteiger partial charge on any atom is 0.347 e. The molecule has 0 aliphatic carbocycles. The van der Waals surface area contributed by atoms with E-state index in [1.54, 1.807) is 13.8 Å². The van der Waals surface area contributed by atoms with Crippen LogP contribution in [0.3, 0.4) is 0 Å². The first kappa shape index (κ1) is 9.26. The van der Waals surface area contributed by atoms with Crippen molar-refractivity contribution >= 4 is 5.82 Å². The predicted molar refractivity (Wildman–Crippen MR) is 47.1 cm³/mol. The Morgan fingerprint density at radius 3 is 2.85 bits per heavy atom. The minimum Gasteiger partial charge on any atom is -0.358 e. The second kappa shape index (κ2) is 2.90. The number of terminal acetylenes is 1. The molecule has 0 bridgehead atoms. The van der Waals surface area contributed by atoms with Crippen LogP contribution in [0.1, 0.15) is 19.4 Å². The van der Waals surface area contributed by atoms with E-state index in [-0.39, 0.29) is 5.82 Å². The molecule has 5 nitrogen and oxygen atoms in total. The quantitative estimate of drug-likeness (QED) is 0.421. The van der Waals surface area contributed by atoms with Gasteiger partial charge in [-0.25, -0.2) is 0 Å². The highest BCUT2D eigenvalue weighted by atomic mass is 16.6. The normalized spacial score (nSPS) is 10.8. The van der Waals surface area contributed by atoms with Gasteiger partial charge in [-0.2, -0.15) is 0 Å². The smallest absolute Gasteiger partial charge is 0.347 e. The van der Waals surface area contributed by atoms with Crippen molar-refractivity contribution in [3.8, 4) is 12.3 Å². The van der Waals surface area contributed by atoms with Crippen molar-refractivity contribution in [2.24, 2.45) is 0 Å². The summed E-state index contributed by atoms with van der Waals surface area (Å²) in [5, 5.41) is 16.4. The van der Waals surface area contributed by atoms with Gasteiger partial charge >= 0.3 is 5.82 Å². The van der Waals surface area contributed by atoms with Crippen LogP contribution in [-0.4, -0.2) is 15.1 Å². The number of H-pyrrole nitrogens is 1. The van der Waals surface area contributed by atoms with Crippen LogP contribution in [0.5, 0.6) is 0 Å². The monoisotopic (exact) mass is 179 g/mol. The first-order valence-corrected chi connectivity index (χ1v) is 3.65. The minimum atomic E-state index is -0.671. The third-order valence-electron chi connectivity index (χ3n) is 1.84. The Hall–Kier alpha value is -1.83. The van der Waals surface area contributed by atoms with Gasteiger partial charge in [-0.15, -0.1) is 11.5 Å². The van der Waals surface area contributed by atoms with Gasteiger partial charge in [0.25, 0.3) is 0 Å². The Morgan fingerprint density at radius 2 is 2.38 bits per heavy atom. The van der Waals surface area contributed by atoms with Crippen molar-refractivity contribution in [3.05, 3.63) is 21.9 Å². The average Bonchev–Trinajstić information content (AvgIpc) is 2.52. The Bertz CT molecular complexity index is 373. The second-order valence-corrected chi connectivity index (χ2v) is 3.16. The number of rotatable bonds is 2. The molecular weight excluding hydrogens is 170 g/mol. The number of hydrogen-bond acceptors (Lipinski definition) is 3. The van der Waals surface area contributed by atoms with E-state index in [4.69, 9.17) is 6.42 Å². The molecule has 0 aromatic carbocycles. The van der Waals surface area contributed by atoms with Crippen LogP contribution in [-0.2, 0) is 5.41 Å². The van der Waals surface area contributed by atoms with Gasteiger partial charge < -0.3 is 10.1 Å². The zero-order chi connectivity index (χ0) is 10.1. The van der Waals surface area contributed by atoms with Crippen LogP contribution in [0.15, 0.2) is 6.20 Å². The van der Waals surface area contributed by atoms with E-state index >= 15 is 0 Å². The van der Waals surface area contributed by atoms with Crippen molar-refractivity contribution < 1.29 is 4.92 Å². The first-order valence-electron chi connectivity index (χ1n) is 3.65. The summed E-state index contributed by atoms with van der Waals surface area (Å²) in [6.07, 6.45) is 6.64. The fourth-order valence-electron chi connectivity index (χ4n) is 0.954.